The lowest BCUT2D eigenvalue weighted by molar-refractivity contribution is -0.137. The lowest BCUT2D eigenvalue weighted by Crippen LogP contribution is -2.45. The molecule has 1 aliphatic heterocycles. The maximum absolute atomic E-state index is 14.0. The van der Waals surface area contributed by atoms with E-state index in [1.165, 1.54) is 0 Å². The second-order valence-corrected chi connectivity index (χ2v) is 10.4. The SMILES string of the molecule is CCCCC(CC)C(=O)C(C1NCCS1)C(C(=O)N(C)C)c1cccc(Oc2ccccc2)c1. The van der Waals surface area contributed by atoms with Crippen molar-refractivity contribution in [3.05, 3.63) is 60.2 Å². The molecule has 0 radical (unpaired) electrons. The van der Waals surface area contributed by atoms with E-state index in [2.05, 4.69) is 19.2 Å². The van der Waals surface area contributed by atoms with Crippen LogP contribution in [0.4, 0.5) is 0 Å². The summed E-state index contributed by atoms with van der Waals surface area (Å²) in [5.41, 5.74) is 0.824. The fourth-order valence-corrected chi connectivity index (χ4v) is 5.84. The molecule has 2 aromatic carbocycles. The normalized spacial score (nSPS) is 18.2. The molecule has 5 nitrogen and oxygen atoms in total. The van der Waals surface area contributed by atoms with Crippen LogP contribution in [-0.4, -0.2) is 48.4 Å². The summed E-state index contributed by atoms with van der Waals surface area (Å²) in [7, 11) is 3.54. The highest BCUT2D eigenvalue weighted by Crippen LogP contribution is 2.39. The van der Waals surface area contributed by atoms with E-state index in [1.807, 2.05) is 54.6 Å². The molecule has 3 rings (SSSR count). The van der Waals surface area contributed by atoms with Gasteiger partial charge in [-0.15, -0.1) is 11.8 Å². The molecule has 4 unspecified atom stereocenters. The van der Waals surface area contributed by atoms with Gasteiger partial charge in [0.05, 0.1) is 17.2 Å². The van der Waals surface area contributed by atoms with Gasteiger partial charge < -0.3 is 15.0 Å². The second-order valence-electron chi connectivity index (χ2n) is 9.12. The quantitative estimate of drug-likeness (QED) is 0.420. The zero-order chi connectivity index (χ0) is 24.5. The Labute approximate surface area is 208 Å². The Morgan fingerprint density at radius 2 is 1.82 bits per heavy atom. The molecule has 1 heterocycles. The molecule has 34 heavy (non-hydrogen) atoms. The van der Waals surface area contributed by atoms with Crippen LogP contribution >= 0.6 is 11.8 Å². The Kier molecular flexibility index (Phi) is 10.0. The van der Waals surface area contributed by atoms with Crippen molar-refractivity contribution in [3.63, 3.8) is 0 Å². The minimum absolute atomic E-state index is 0.0332. The topological polar surface area (TPSA) is 58.6 Å². The zero-order valence-corrected chi connectivity index (χ0v) is 21.6. The van der Waals surface area contributed by atoms with Crippen molar-refractivity contribution in [2.45, 2.75) is 50.8 Å². The number of unbranched alkanes of at least 4 members (excludes halogenated alkanes) is 1. The highest BCUT2D eigenvalue weighted by Gasteiger charge is 2.44. The average molecular weight is 483 g/mol. The summed E-state index contributed by atoms with van der Waals surface area (Å²) in [6.45, 7) is 5.09. The molecule has 0 spiro atoms. The van der Waals surface area contributed by atoms with Crippen LogP contribution in [0, 0.1) is 11.8 Å². The molecule has 4 atom stereocenters. The molecule has 1 aliphatic rings. The van der Waals surface area contributed by atoms with Crippen molar-refractivity contribution in [1.29, 1.82) is 0 Å². The van der Waals surface area contributed by atoms with Crippen LogP contribution < -0.4 is 10.1 Å². The number of benzene rings is 2. The van der Waals surface area contributed by atoms with Gasteiger partial charge in [0.2, 0.25) is 5.91 Å². The monoisotopic (exact) mass is 482 g/mol. The number of amides is 1. The molecule has 0 aromatic heterocycles. The molecule has 1 amide bonds. The smallest absolute Gasteiger partial charge is 0.230 e. The first-order valence-electron chi connectivity index (χ1n) is 12.4. The maximum atomic E-state index is 14.0. The predicted octanol–water partition coefficient (Wildman–Crippen LogP) is 5.71. The summed E-state index contributed by atoms with van der Waals surface area (Å²) >= 11 is 1.76. The predicted molar refractivity (Wildman–Crippen MR) is 140 cm³/mol. The van der Waals surface area contributed by atoms with E-state index < -0.39 is 11.8 Å². The Morgan fingerprint density at radius 3 is 2.44 bits per heavy atom. The van der Waals surface area contributed by atoms with Crippen LogP contribution in [0.3, 0.4) is 0 Å². The third-order valence-electron chi connectivity index (χ3n) is 6.46. The van der Waals surface area contributed by atoms with Crippen LogP contribution in [-0.2, 0) is 9.59 Å². The number of nitrogens with zero attached hydrogens (tertiary/aromatic N) is 1. The van der Waals surface area contributed by atoms with E-state index in [4.69, 9.17) is 4.74 Å². The van der Waals surface area contributed by atoms with Gasteiger partial charge in [-0.3, -0.25) is 9.59 Å². The maximum Gasteiger partial charge on any atom is 0.230 e. The molecule has 1 N–H and O–H groups in total. The Hall–Kier alpha value is -2.31. The third kappa shape index (κ3) is 6.63. The molecular weight excluding hydrogens is 444 g/mol. The number of ether oxygens (including phenoxy) is 1. The fraction of sp³-hybridized carbons (Fsp3) is 0.500. The number of ketones is 1. The molecular formula is C28H38N2O3S. The number of likely N-dealkylation sites (N-methyl/N-ethyl adjacent to an activating group) is 1. The van der Waals surface area contributed by atoms with Crippen LogP contribution in [0.2, 0.25) is 0 Å². The summed E-state index contributed by atoms with van der Waals surface area (Å²) in [4.78, 5) is 29.3. The summed E-state index contributed by atoms with van der Waals surface area (Å²) in [5.74, 6) is 1.47. The highest BCUT2D eigenvalue weighted by atomic mass is 32.2. The number of hydrogen-bond donors (Lipinski definition) is 1. The summed E-state index contributed by atoms with van der Waals surface area (Å²) in [6.07, 6.45) is 3.76. The molecule has 1 fully saturated rings. The van der Waals surface area contributed by atoms with E-state index in [-0.39, 0.29) is 23.0 Å². The van der Waals surface area contributed by atoms with Crippen LogP contribution in [0.25, 0.3) is 0 Å². The first kappa shape index (κ1) is 26.3. The number of rotatable bonds is 12. The highest BCUT2D eigenvalue weighted by molar-refractivity contribution is 8.00. The molecule has 184 valence electrons. The minimum Gasteiger partial charge on any atom is -0.457 e. The van der Waals surface area contributed by atoms with Gasteiger partial charge >= 0.3 is 0 Å². The van der Waals surface area contributed by atoms with Gasteiger partial charge in [-0.25, -0.2) is 0 Å². The number of nitrogens with one attached hydrogen (secondary N) is 1. The van der Waals surface area contributed by atoms with Crippen LogP contribution in [0.5, 0.6) is 11.5 Å². The van der Waals surface area contributed by atoms with Crippen molar-refractivity contribution in [2.75, 3.05) is 26.4 Å². The van der Waals surface area contributed by atoms with Gasteiger partial charge in [-0.1, -0.05) is 57.0 Å². The Bertz CT molecular complexity index is 928. The van der Waals surface area contributed by atoms with E-state index in [0.29, 0.717) is 5.75 Å². The summed E-state index contributed by atoms with van der Waals surface area (Å²) in [5, 5.41) is 3.44. The molecule has 6 heteroatoms. The van der Waals surface area contributed by atoms with Crippen molar-refractivity contribution in [3.8, 4) is 11.5 Å². The Morgan fingerprint density at radius 1 is 1.09 bits per heavy atom. The van der Waals surface area contributed by atoms with Gasteiger partial charge in [0, 0.05) is 32.3 Å². The van der Waals surface area contributed by atoms with Crippen molar-refractivity contribution in [2.24, 2.45) is 11.8 Å². The van der Waals surface area contributed by atoms with Gasteiger partial charge in [0.25, 0.3) is 0 Å². The first-order valence-corrected chi connectivity index (χ1v) is 13.4. The molecule has 0 saturated carbocycles. The Balaban J connectivity index is 2.01. The van der Waals surface area contributed by atoms with Crippen LogP contribution in [0.15, 0.2) is 54.6 Å². The number of para-hydroxylation sites is 1. The van der Waals surface area contributed by atoms with Crippen molar-refractivity contribution in [1.82, 2.24) is 10.2 Å². The molecule has 0 bridgehead atoms. The summed E-state index contributed by atoms with van der Waals surface area (Å²) < 4.78 is 6.07. The number of Topliss-reactive ketones (excluding diaryl/α,β-unsaturated/α-hetero) is 1. The number of carbonyl (C=O) groups excluding carboxylic acids is 2. The van der Waals surface area contributed by atoms with Crippen LogP contribution in [0.1, 0.15) is 51.0 Å². The molecule has 1 saturated heterocycles. The van der Waals surface area contributed by atoms with Gasteiger partial charge in [-0.2, -0.15) is 0 Å². The zero-order valence-electron chi connectivity index (χ0n) is 20.8. The lowest BCUT2D eigenvalue weighted by atomic mass is 9.76. The first-order chi connectivity index (χ1) is 16.5. The van der Waals surface area contributed by atoms with Gasteiger partial charge in [-0.05, 0) is 42.7 Å². The van der Waals surface area contributed by atoms with Gasteiger partial charge in [0.15, 0.2) is 0 Å². The largest absolute Gasteiger partial charge is 0.457 e. The van der Waals surface area contributed by atoms with Gasteiger partial charge in [0.1, 0.15) is 17.3 Å². The second kappa shape index (κ2) is 13.0. The summed E-state index contributed by atoms with van der Waals surface area (Å²) in [6, 6.07) is 17.3. The average Bonchev–Trinajstić information content (AvgIpc) is 3.37. The molecule has 2 aromatic rings. The standard InChI is InChI=1S/C28H38N2O3S/c1-5-7-12-20(6-2)26(31)25(27-29-17-18-34-27)24(28(32)30(3)4)21-13-11-16-23(19-21)33-22-14-9-8-10-15-22/h8-11,13-16,19-20,24-25,27,29H,5-7,12,17-18H2,1-4H3. The number of thioether (sulfide) groups is 1. The minimum atomic E-state index is -0.569. The van der Waals surface area contributed by atoms with E-state index in [0.717, 1.165) is 49.3 Å². The lowest BCUT2D eigenvalue weighted by Gasteiger charge is -2.34. The van der Waals surface area contributed by atoms with E-state index >= 15 is 0 Å². The van der Waals surface area contributed by atoms with Crippen molar-refractivity contribution < 1.29 is 14.3 Å². The fourth-order valence-electron chi connectivity index (χ4n) is 4.61. The third-order valence-corrected chi connectivity index (χ3v) is 7.72. The number of hydrogen-bond acceptors (Lipinski definition) is 5. The van der Waals surface area contributed by atoms with E-state index in [9.17, 15) is 9.59 Å². The van der Waals surface area contributed by atoms with Crippen molar-refractivity contribution >= 4 is 23.5 Å². The number of carbonyl (C=O) groups is 2. The van der Waals surface area contributed by atoms with E-state index in [1.54, 1.807) is 30.8 Å². The molecule has 0 aliphatic carbocycles.